The van der Waals surface area contributed by atoms with Gasteiger partial charge in [0.1, 0.15) is 0 Å². The van der Waals surface area contributed by atoms with Crippen LogP contribution >= 0.6 is 11.6 Å². The van der Waals surface area contributed by atoms with E-state index < -0.39 is 0 Å². The number of nitrogens with one attached hydrogen (secondary N) is 1. The van der Waals surface area contributed by atoms with Crippen molar-refractivity contribution in [3.63, 3.8) is 0 Å². The van der Waals surface area contributed by atoms with E-state index in [1.54, 1.807) is 0 Å². The maximum atomic E-state index is 12.1. The zero-order chi connectivity index (χ0) is 16.1. The molecule has 23 heavy (non-hydrogen) atoms. The van der Waals surface area contributed by atoms with Crippen LogP contribution in [0.1, 0.15) is 50.5 Å². The number of likely N-dealkylation sites (tertiary alicyclic amines) is 1. The van der Waals surface area contributed by atoms with Crippen LogP contribution in [0.15, 0.2) is 24.3 Å². The first-order valence-corrected chi connectivity index (χ1v) is 9.33. The summed E-state index contributed by atoms with van der Waals surface area (Å²) in [6.45, 7) is 3.08. The van der Waals surface area contributed by atoms with Gasteiger partial charge in [0.15, 0.2) is 0 Å². The molecule has 1 aliphatic carbocycles. The molecule has 4 heteroatoms. The van der Waals surface area contributed by atoms with Gasteiger partial charge in [0.25, 0.3) is 0 Å². The van der Waals surface area contributed by atoms with Crippen molar-refractivity contribution in [1.29, 1.82) is 0 Å². The van der Waals surface area contributed by atoms with E-state index in [-0.39, 0.29) is 5.91 Å². The fourth-order valence-electron chi connectivity index (χ4n) is 3.85. The van der Waals surface area contributed by atoms with E-state index in [9.17, 15) is 4.79 Å². The second-order valence-corrected chi connectivity index (χ2v) is 7.54. The third-order valence-corrected chi connectivity index (χ3v) is 5.47. The third kappa shape index (κ3) is 5.22. The zero-order valence-corrected chi connectivity index (χ0v) is 14.5. The van der Waals surface area contributed by atoms with Crippen LogP contribution in [-0.2, 0) is 11.3 Å². The molecule has 3 rings (SSSR count). The SMILES string of the molecule is O=C(CC1CCCC1)NC1CCN(Cc2ccc(Cl)cc2)CC1. The van der Waals surface area contributed by atoms with Gasteiger partial charge in [-0.15, -0.1) is 0 Å². The predicted molar refractivity (Wildman–Crippen MR) is 94.5 cm³/mol. The van der Waals surface area contributed by atoms with Crippen LogP contribution in [0.2, 0.25) is 5.02 Å². The van der Waals surface area contributed by atoms with Crippen molar-refractivity contribution in [3.05, 3.63) is 34.9 Å². The van der Waals surface area contributed by atoms with E-state index in [1.165, 1.54) is 31.2 Å². The van der Waals surface area contributed by atoms with Crippen molar-refractivity contribution in [3.8, 4) is 0 Å². The molecule has 3 nitrogen and oxygen atoms in total. The monoisotopic (exact) mass is 334 g/mol. The number of piperidine rings is 1. The molecule has 1 aromatic carbocycles. The van der Waals surface area contributed by atoms with Gasteiger partial charge in [-0.3, -0.25) is 9.69 Å². The summed E-state index contributed by atoms with van der Waals surface area (Å²) >= 11 is 5.93. The van der Waals surface area contributed by atoms with Crippen LogP contribution in [0, 0.1) is 5.92 Å². The molecule has 0 bridgehead atoms. The average molecular weight is 335 g/mol. The van der Waals surface area contributed by atoms with E-state index >= 15 is 0 Å². The first-order chi connectivity index (χ1) is 11.2. The Balaban J connectivity index is 1.37. The lowest BCUT2D eigenvalue weighted by Crippen LogP contribution is -2.44. The third-order valence-electron chi connectivity index (χ3n) is 5.22. The minimum atomic E-state index is 0.271. The van der Waals surface area contributed by atoms with Crippen LogP contribution in [0.25, 0.3) is 0 Å². The molecule has 0 radical (unpaired) electrons. The van der Waals surface area contributed by atoms with Crippen molar-refractivity contribution >= 4 is 17.5 Å². The largest absolute Gasteiger partial charge is 0.353 e. The Morgan fingerprint density at radius 2 is 1.74 bits per heavy atom. The summed E-state index contributed by atoms with van der Waals surface area (Å²) in [5, 5.41) is 4.04. The van der Waals surface area contributed by atoms with Gasteiger partial charge in [-0.2, -0.15) is 0 Å². The highest BCUT2D eigenvalue weighted by molar-refractivity contribution is 6.30. The highest BCUT2D eigenvalue weighted by atomic mass is 35.5. The van der Waals surface area contributed by atoms with Crippen LogP contribution in [0.3, 0.4) is 0 Å². The Bertz CT molecular complexity index is 503. The van der Waals surface area contributed by atoms with Crippen molar-refractivity contribution in [1.82, 2.24) is 10.2 Å². The molecular weight excluding hydrogens is 308 g/mol. The molecule has 0 aromatic heterocycles. The van der Waals surface area contributed by atoms with Gasteiger partial charge in [0, 0.05) is 37.1 Å². The lowest BCUT2D eigenvalue weighted by molar-refractivity contribution is -0.123. The quantitative estimate of drug-likeness (QED) is 0.882. The van der Waals surface area contributed by atoms with Crippen molar-refractivity contribution in [2.24, 2.45) is 5.92 Å². The number of nitrogens with zero attached hydrogens (tertiary/aromatic N) is 1. The Hall–Kier alpha value is -1.06. The fourth-order valence-corrected chi connectivity index (χ4v) is 3.97. The van der Waals surface area contributed by atoms with Crippen LogP contribution in [0.4, 0.5) is 0 Å². The predicted octanol–water partition coefficient (Wildman–Crippen LogP) is 4.00. The topological polar surface area (TPSA) is 32.3 Å². The molecule has 1 N–H and O–H groups in total. The lowest BCUT2D eigenvalue weighted by atomic mass is 10.0. The minimum absolute atomic E-state index is 0.271. The Labute approximate surface area is 144 Å². The number of carbonyl (C=O) groups is 1. The number of amides is 1. The van der Waals surface area contributed by atoms with Gasteiger partial charge in [0.2, 0.25) is 5.91 Å². The Kier molecular flexibility index (Phi) is 5.96. The number of hydrogen-bond donors (Lipinski definition) is 1. The second-order valence-electron chi connectivity index (χ2n) is 7.10. The molecule has 0 atom stereocenters. The average Bonchev–Trinajstić information content (AvgIpc) is 3.04. The molecule has 1 heterocycles. The highest BCUT2D eigenvalue weighted by Gasteiger charge is 2.23. The van der Waals surface area contributed by atoms with Gasteiger partial charge in [-0.25, -0.2) is 0 Å². The number of benzene rings is 1. The summed E-state index contributed by atoms with van der Waals surface area (Å²) in [4.78, 5) is 14.6. The van der Waals surface area contributed by atoms with Gasteiger partial charge in [0.05, 0.1) is 0 Å². The molecule has 1 saturated heterocycles. The number of carbonyl (C=O) groups excluding carboxylic acids is 1. The molecule has 2 aliphatic rings. The molecular formula is C19H27ClN2O. The van der Waals surface area contributed by atoms with Gasteiger partial charge in [-0.05, 0) is 49.3 Å². The van der Waals surface area contributed by atoms with Crippen LogP contribution < -0.4 is 5.32 Å². The first-order valence-electron chi connectivity index (χ1n) is 8.95. The van der Waals surface area contributed by atoms with E-state index in [1.807, 2.05) is 12.1 Å². The molecule has 1 aliphatic heterocycles. The standard InChI is InChI=1S/C19H27ClN2O/c20-17-7-5-16(6-8-17)14-22-11-9-18(10-12-22)21-19(23)13-15-3-1-2-4-15/h5-8,15,18H,1-4,9-14H2,(H,21,23). The molecule has 0 unspecified atom stereocenters. The van der Waals surface area contributed by atoms with Crippen molar-refractivity contribution in [2.45, 2.75) is 57.5 Å². The number of halogens is 1. The molecule has 1 aromatic rings. The molecule has 2 fully saturated rings. The summed E-state index contributed by atoms with van der Waals surface area (Å²) in [5.74, 6) is 0.910. The van der Waals surface area contributed by atoms with Gasteiger partial charge in [-0.1, -0.05) is 36.6 Å². The summed E-state index contributed by atoms with van der Waals surface area (Å²) in [7, 11) is 0. The normalized spacial score (nSPS) is 20.7. The van der Waals surface area contributed by atoms with E-state index in [0.717, 1.165) is 43.9 Å². The smallest absolute Gasteiger partial charge is 0.220 e. The maximum Gasteiger partial charge on any atom is 0.220 e. The maximum absolute atomic E-state index is 12.1. The number of rotatable bonds is 5. The summed E-state index contributed by atoms with van der Waals surface area (Å²) in [6, 6.07) is 8.46. The Morgan fingerprint density at radius 3 is 2.39 bits per heavy atom. The van der Waals surface area contributed by atoms with Gasteiger partial charge < -0.3 is 5.32 Å². The number of hydrogen-bond acceptors (Lipinski definition) is 2. The fraction of sp³-hybridized carbons (Fsp3) is 0.632. The minimum Gasteiger partial charge on any atom is -0.353 e. The molecule has 126 valence electrons. The Morgan fingerprint density at radius 1 is 1.09 bits per heavy atom. The van der Waals surface area contributed by atoms with E-state index in [0.29, 0.717) is 12.0 Å². The van der Waals surface area contributed by atoms with Gasteiger partial charge >= 0.3 is 0 Å². The highest BCUT2D eigenvalue weighted by Crippen LogP contribution is 2.27. The van der Waals surface area contributed by atoms with Crippen LogP contribution in [-0.4, -0.2) is 29.9 Å². The van der Waals surface area contributed by atoms with Crippen LogP contribution in [0.5, 0.6) is 0 Å². The van der Waals surface area contributed by atoms with E-state index in [4.69, 9.17) is 11.6 Å². The zero-order valence-electron chi connectivity index (χ0n) is 13.8. The summed E-state index contributed by atoms with van der Waals surface area (Å²) in [6.07, 6.45) is 7.96. The lowest BCUT2D eigenvalue weighted by Gasteiger charge is -2.32. The second kappa shape index (κ2) is 8.16. The summed E-state index contributed by atoms with van der Waals surface area (Å²) < 4.78 is 0. The molecule has 1 saturated carbocycles. The molecule has 1 amide bonds. The van der Waals surface area contributed by atoms with Crippen molar-refractivity contribution in [2.75, 3.05) is 13.1 Å². The summed E-state index contributed by atoms with van der Waals surface area (Å²) in [5.41, 5.74) is 1.30. The van der Waals surface area contributed by atoms with E-state index in [2.05, 4.69) is 22.3 Å². The van der Waals surface area contributed by atoms with Crippen molar-refractivity contribution < 1.29 is 4.79 Å². The first kappa shape index (κ1) is 16.8. The molecule has 0 spiro atoms.